The molecule has 2 N–H and O–H groups in total. The molecule has 2 heterocycles. The molecule has 0 bridgehead atoms. The maximum atomic E-state index is 12.0. The van der Waals surface area contributed by atoms with Gasteiger partial charge in [0.2, 0.25) is 0 Å². The number of rotatable bonds is 6. The Morgan fingerprint density at radius 1 is 1.15 bits per heavy atom. The van der Waals surface area contributed by atoms with Gasteiger partial charge in [0.1, 0.15) is 11.4 Å². The first-order chi connectivity index (χ1) is 12.6. The molecule has 1 saturated heterocycles. The predicted octanol–water partition coefficient (Wildman–Crippen LogP) is 1.21. The van der Waals surface area contributed by atoms with E-state index in [0.717, 1.165) is 37.6 Å². The highest BCUT2D eigenvalue weighted by atomic mass is 16.5. The molecule has 0 aliphatic carbocycles. The van der Waals surface area contributed by atoms with Gasteiger partial charge in [-0.1, -0.05) is 12.1 Å². The van der Waals surface area contributed by atoms with Crippen LogP contribution in [0.15, 0.2) is 29.1 Å². The molecular weight excluding hydrogens is 336 g/mol. The number of para-hydroxylation sites is 2. The van der Waals surface area contributed by atoms with Crippen LogP contribution < -0.4 is 15.3 Å². The summed E-state index contributed by atoms with van der Waals surface area (Å²) in [5.41, 5.74) is 1.47. The lowest BCUT2D eigenvalue weighted by atomic mass is 10.2. The Morgan fingerprint density at radius 3 is 2.58 bits per heavy atom. The summed E-state index contributed by atoms with van der Waals surface area (Å²) in [6, 6.07) is 7.97. The lowest BCUT2D eigenvalue weighted by Gasteiger charge is -2.36. The standard InChI is InChI=1S/C18H24N4O4/c1-3-26-17(23)16-13(19-18(24)20-16)12-21-8-10-22(11-9-21)14-6-4-5-7-15(14)25-2/h4-7H,3,8-12H2,1-2H3,(H2,19,20,24). The highest BCUT2D eigenvalue weighted by molar-refractivity contribution is 5.88. The Labute approximate surface area is 151 Å². The van der Waals surface area contributed by atoms with E-state index in [9.17, 15) is 9.59 Å². The highest BCUT2D eigenvalue weighted by Gasteiger charge is 2.23. The van der Waals surface area contributed by atoms with Crippen molar-refractivity contribution in [3.8, 4) is 5.75 Å². The molecule has 0 saturated carbocycles. The van der Waals surface area contributed by atoms with Crippen molar-refractivity contribution in [3.05, 3.63) is 46.1 Å². The van der Waals surface area contributed by atoms with Crippen molar-refractivity contribution < 1.29 is 14.3 Å². The second kappa shape index (κ2) is 8.09. The third-order valence-corrected chi connectivity index (χ3v) is 4.46. The average Bonchev–Trinajstić information content (AvgIpc) is 3.03. The second-order valence-electron chi connectivity index (χ2n) is 6.09. The first-order valence-corrected chi connectivity index (χ1v) is 8.71. The number of hydrogen-bond donors (Lipinski definition) is 2. The van der Waals surface area contributed by atoms with Gasteiger partial charge in [0, 0.05) is 32.7 Å². The Morgan fingerprint density at radius 2 is 1.88 bits per heavy atom. The number of imidazole rings is 1. The Hall–Kier alpha value is -2.74. The van der Waals surface area contributed by atoms with Crippen molar-refractivity contribution >= 4 is 11.7 Å². The van der Waals surface area contributed by atoms with Crippen LogP contribution in [-0.2, 0) is 11.3 Å². The summed E-state index contributed by atoms with van der Waals surface area (Å²) in [6.45, 7) is 5.80. The summed E-state index contributed by atoms with van der Waals surface area (Å²) in [4.78, 5) is 33.3. The summed E-state index contributed by atoms with van der Waals surface area (Å²) in [5.74, 6) is 0.356. The summed E-state index contributed by atoms with van der Waals surface area (Å²) >= 11 is 0. The monoisotopic (exact) mass is 360 g/mol. The number of methoxy groups -OCH3 is 1. The number of carbonyl (C=O) groups is 1. The number of nitrogens with zero attached hydrogens (tertiary/aromatic N) is 2. The third kappa shape index (κ3) is 3.91. The molecular formula is C18H24N4O4. The quantitative estimate of drug-likeness (QED) is 0.753. The fourth-order valence-electron chi connectivity index (χ4n) is 3.18. The molecule has 0 amide bonds. The summed E-state index contributed by atoms with van der Waals surface area (Å²) in [7, 11) is 1.67. The van der Waals surface area contributed by atoms with Crippen LogP contribution in [0.5, 0.6) is 5.75 Å². The van der Waals surface area contributed by atoms with Crippen molar-refractivity contribution in [3.63, 3.8) is 0 Å². The average molecular weight is 360 g/mol. The number of ether oxygens (including phenoxy) is 2. The minimum absolute atomic E-state index is 0.212. The number of H-pyrrole nitrogens is 2. The van der Waals surface area contributed by atoms with Crippen LogP contribution in [0.4, 0.5) is 5.69 Å². The number of aromatic amines is 2. The van der Waals surface area contributed by atoms with Gasteiger partial charge in [0.25, 0.3) is 0 Å². The van der Waals surface area contributed by atoms with Crippen LogP contribution in [0.1, 0.15) is 23.1 Å². The molecule has 0 radical (unpaired) electrons. The zero-order valence-corrected chi connectivity index (χ0v) is 15.1. The topological polar surface area (TPSA) is 90.7 Å². The van der Waals surface area contributed by atoms with E-state index < -0.39 is 11.7 Å². The van der Waals surface area contributed by atoms with Crippen LogP contribution in [0.3, 0.4) is 0 Å². The fraction of sp³-hybridized carbons (Fsp3) is 0.444. The van der Waals surface area contributed by atoms with E-state index >= 15 is 0 Å². The molecule has 0 atom stereocenters. The lowest BCUT2D eigenvalue weighted by molar-refractivity contribution is 0.0517. The molecule has 8 heteroatoms. The molecule has 1 aliphatic rings. The Balaban J connectivity index is 1.65. The van der Waals surface area contributed by atoms with E-state index in [0.29, 0.717) is 12.2 Å². The minimum atomic E-state index is -0.506. The van der Waals surface area contributed by atoms with Gasteiger partial charge in [-0.3, -0.25) is 9.88 Å². The second-order valence-corrected chi connectivity index (χ2v) is 6.09. The molecule has 3 rings (SSSR count). The van der Waals surface area contributed by atoms with Crippen LogP contribution in [-0.4, -0.2) is 60.7 Å². The fourth-order valence-corrected chi connectivity index (χ4v) is 3.18. The van der Waals surface area contributed by atoms with Gasteiger partial charge >= 0.3 is 11.7 Å². The van der Waals surface area contributed by atoms with Crippen molar-refractivity contribution in [1.29, 1.82) is 0 Å². The Kier molecular flexibility index (Phi) is 5.62. The van der Waals surface area contributed by atoms with Gasteiger partial charge in [0.05, 0.1) is 25.1 Å². The number of anilines is 1. The van der Waals surface area contributed by atoms with Gasteiger partial charge in [-0.25, -0.2) is 9.59 Å². The van der Waals surface area contributed by atoms with Crippen LogP contribution in [0.25, 0.3) is 0 Å². The van der Waals surface area contributed by atoms with Gasteiger partial charge < -0.3 is 19.4 Å². The van der Waals surface area contributed by atoms with E-state index in [4.69, 9.17) is 9.47 Å². The maximum Gasteiger partial charge on any atom is 0.356 e. The molecule has 1 fully saturated rings. The number of nitrogens with one attached hydrogen (secondary N) is 2. The molecule has 1 aromatic carbocycles. The van der Waals surface area contributed by atoms with Crippen LogP contribution >= 0.6 is 0 Å². The van der Waals surface area contributed by atoms with Crippen molar-refractivity contribution in [2.75, 3.05) is 44.8 Å². The molecule has 1 aromatic heterocycles. The predicted molar refractivity (Wildman–Crippen MR) is 97.9 cm³/mol. The lowest BCUT2D eigenvalue weighted by Crippen LogP contribution is -2.46. The van der Waals surface area contributed by atoms with Gasteiger partial charge in [0.15, 0.2) is 0 Å². The molecule has 140 valence electrons. The minimum Gasteiger partial charge on any atom is -0.495 e. The Bertz CT molecular complexity index is 806. The number of aromatic nitrogens is 2. The van der Waals surface area contributed by atoms with E-state index in [-0.39, 0.29) is 12.3 Å². The summed E-state index contributed by atoms with van der Waals surface area (Å²) < 4.78 is 10.4. The molecule has 26 heavy (non-hydrogen) atoms. The number of piperazine rings is 1. The van der Waals surface area contributed by atoms with E-state index in [1.807, 2.05) is 18.2 Å². The van der Waals surface area contributed by atoms with E-state index in [1.54, 1.807) is 14.0 Å². The molecule has 2 aromatic rings. The zero-order chi connectivity index (χ0) is 18.5. The van der Waals surface area contributed by atoms with E-state index in [2.05, 4.69) is 25.8 Å². The highest BCUT2D eigenvalue weighted by Crippen LogP contribution is 2.28. The summed E-state index contributed by atoms with van der Waals surface area (Å²) in [5, 5.41) is 0. The SMILES string of the molecule is CCOC(=O)c1[nH]c(=O)[nH]c1CN1CCN(c2ccccc2OC)CC1. The molecule has 8 nitrogen and oxygen atoms in total. The zero-order valence-electron chi connectivity index (χ0n) is 15.1. The van der Waals surface area contributed by atoms with Crippen molar-refractivity contribution in [1.82, 2.24) is 14.9 Å². The molecule has 0 unspecified atom stereocenters. The van der Waals surface area contributed by atoms with Crippen molar-refractivity contribution in [2.24, 2.45) is 0 Å². The van der Waals surface area contributed by atoms with Gasteiger partial charge in [-0.05, 0) is 19.1 Å². The third-order valence-electron chi connectivity index (χ3n) is 4.46. The normalized spacial score (nSPS) is 15.1. The first-order valence-electron chi connectivity index (χ1n) is 8.71. The largest absolute Gasteiger partial charge is 0.495 e. The van der Waals surface area contributed by atoms with Crippen LogP contribution in [0.2, 0.25) is 0 Å². The number of carbonyl (C=O) groups excluding carboxylic acids is 1. The molecule has 1 aliphatic heterocycles. The van der Waals surface area contributed by atoms with Gasteiger partial charge in [-0.2, -0.15) is 0 Å². The van der Waals surface area contributed by atoms with E-state index in [1.165, 1.54) is 0 Å². The number of esters is 1. The van der Waals surface area contributed by atoms with Crippen LogP contribution in [0, 0.1) is 0 Å². The number of hydrogen-bond acceptors (Lipinski definition) is 6. The maximum absolute atomic E-state index is 12.0. The van der Waals surface area contributed by atoms with Gasteiger partial charge in [-0.15, -0.1) is 0 Å². The summed E-state index contributed by atoms with van der Waals surface area (Å²) in [6.07, 6.45) is 0. The first kappa shape index (κ1) is 18.1. The van der Waals surface area contributed by atoms with Crippen molar-refractivity contribution in [2.45, 2.75) is 13.5 Å². The molecule has 0 spiro atoms. The smallest absolute Gasteiger partial charge is 0.356 e. The number of benzene rings is 1.